The zero-order valence-corrected chi connectivity index (χ0v) is 32.0. The summed E-state index contributed by atoms with van der Waals surface area (Å²) < 4.78 is 6.13. The molecule has 0 bridgehead atoms. The first kappa shape index (κ1) is 33.0. The largest absolute Gasteiger partial charge is 0.456 e. The number of fused-ring (bicyclic) bond motifs is 9. The summed E-state index contributed by atoms with van der Waals surface area (Å²) in [7, 11) is 0. The van der Waals surface area contributed by atoms with Gasteiger partial charge in [0.15, 0.2) is 0 Å². The number of hydrogen-bond acceptors (Lipinski definition) is 3. The number of aryl methyl sites for hydroxylation is 6. The lowest BCUT2D eigenvalue weighted by Crippen LogP contribution is -1.95. The van der Waals surface area contributed by atoms with Crippen molar-refractivity contribution in [3.63, 3.8) is 0 Å². The van der Waals surface area contributed by atoms with Crippen LogP contribution in [-0.2, 0) is 0 Å². The lowest BCUT2D eigenvalue weighted by atomic mass is 9.89. The Labute approximate surface area is 320 Å². The van der Waals surface area contributed by atoms with Crippen LogP contribution in [0.15, 0.2) is 138 Å². The summed E-state index contributed by atoms with van der Waals surface area (Å²) in [6.07, 6.45) is 1.95. The molecular weight excluding hydrogens is 669 g/mol. The Morgan fingerprint density at radius 3 is 1.56 bits per heavy atom. The van der Waals surface area contributed by atoms with E-state index >= 15 is 0 Å². The molecule has 0 N–H and O–H groups in total. The number of hydrogen-bond donors (Lipinski definition) is 0. The number of rotatable bonds is 4. The number of aromatic nitrogens is 2. The molecule has 0 fully saturated rings. The van der Waals surface area contributed by atoms with E-state index in [0.717, 1.165) is 66.1 Å². The third-order valence-electron chi connectivity index (χ3n) is 11.4. The molecule has 0 saturated carbocycles. The van der Waals surface area contributed by atoms with Gasteiger partial charge in [0.05, 0.1) is 22.9 Å². The quantitative estimate of drug-likeness (QED) is 0.171. The molecule has 8 aromatic carbocycles. The summed E-state index contributed by atoms with van der Waals surface area (Å²) in [6.45, 7) is 13.2. The van der Waals surface area contributed by atoms with Crippen LogP contribution < -0.4 is 0 Å². The summed E-state index contributed by atoms with van der Waals surface area (Å²) in [5.41, 5.74) is 20.4. The zero-order chi connectivity index (χ0) is 37.5. The predicted molar refractivity (Wildman–Crippen MR) is 232 cm³/mol. The van der Waals surface area contributed by atoms with E-state index in [1.165, 1.54) is 66.4 Å². The summed E-state index contributed by atoms with van der Waals surface area (Å²) in [5, 5.41) is 6.83. The first-order chi connectivity index (χ1) is 26.7. The molecule has 0 aliphatic heterocycles. The Bertz CT molecular complexity index is 3170. The average molecular weight is 709 g/mol. The SMILES string of the molecule is Cc1cc(C)c(-c2ccc3c4ccc(-c5c(C)cc(C)cc5C)cc4c4nc(-c5cccc(-c6ccc7oc8ccccc8c7c6)c5)cnc4c3c2)c(C)c1. The van der Waals surface area contributed by atoms with Gasteiger partial charge in [-0.25, -0.2) is 4.98 Å². The third-order valence-corrected chi connectivity index (χ3v) is 11.4. The van der Waals surface area contributed by atoms with Crippen LogP contribution in [-0.4, -0.2) is 9.97 Å². The monoisotopic (exact) mass is 708 g/mol. The molecule has 0 saturated heterocycles. The van der Waals surface area contributed by atoms with E-state index in [2.05, 4.69) is 157 Å². The van der Waals surface area contributed by atoms with Gasteiger partial charge in [-0.2, -0.15) is 0 Å². The maximum atomic E-state index is 6.13. The van der Waals surface area contributed by atoms with Gasteiger partial charge < -0.3 is 4.42 Å². The van der Waals surface area contributed by atoms with Gasteiger partial charge in [0.25, 0.3) is 0 Å². The van der Waals surface area contributed by atoms with Gasteiger partial charge in [-0.1, -0.05) is 102 Å². The highest BCUT2D eigenvalue weighted by molar-refractivity contribution is 6.24. The van der Waals surface area contributed by atoms with Gasteiger partial charge >= 0.3 is 0 Å². The highest BCUT2D eigenvalue weighted by Gasteiger charge is 2.18. The number of benzene rings is 8. The molecule has 10 aromatic rings. The van der Waals surface area contributed by atoms with Crippen molar-refractivity contribution in [2.24, 2.45) is 0 Å². The molecule has 0 spiro atoms. The van der Waals surface area contributed by atoms with Gasteiger partial charge in [-0.05, 0) is 144 Å². The predicted octanol–water partition coefficient (Wildman–Crippen LogP) is 14.4. The fourth-order valence-corrected chi connectivity index (χ4v) is 9.21. The molecule has 0 unspecified atom stereocenters. The minimum atomic E-state index is 0.847. The molecule has 0 amide bonds. The van der Waals surface area contributed by atoms with Crippen LogP contribution in [0, 0.1) is 41.5 Å². The van der Waals surface area contributed by atoms with Crippen LogP contribution in [0.1, 0.15) is 33.4 Å². The Morgan fingerprint density at radius 1 is 0.382 bits per heavy atom. The van der Waals surface area contributed by atoms with Gasteiger partial charge in [-0.15, -0.1) is 0 Å². The molecular formula is C52H40N2O. The molecule has 264 valence electrons. The third kappa shape index (κ3) is 5.41. The Hall–Kier alpha value is -6.58. The maximum absolute atomic E-state index is 6.13. The van der Waals surface area contributed by atoms with E-state index in [0.29, 0.717) is 0 Å². The van der Waals surface area contributed by atoms with E-state index in [9.17, 15) is 0 Å². The van der Waals surface area contributed by atoms with Crippen LogP contribution in [0.4, 0.5) is 0 Å². The summed E-state index contributed by atoms with van der Waals surface area (Å²) in [6, 6.07) is 46.2. The van der Waals surface area contributed by atoms with Gasteiger partial charge in [-0.3, -0.25) is 4.98 Å². The standard InChI is InChI=1S/C52H40N2O/c1-29-20-31(3)49(32(4)21-29)38-14-17-40-41-18-15-39(50-33(5)22-30(2)23-34(50)6)27-45(41)52-51(44(40)26-38)53-28-46(54-52)37-11-9-10-35(24-37)36-16-19-48-43(25-36)42-12-7-8-13-47(42)55-48/h7-28H,1-6H3. The van der Waals surface area contributed by atoms with Crippen LogP contribution in [0.2, 0.25) is 0 Å². The van der Waals surface area contributed by atoms with Crippen molar-refractivity contribution in [2.45, 2.75) is 41.5 Å². The molecule has 10 rings (SSSR count). The first-order valence-corrected chi connectivity index (χ1v) is 19.0. The molecule has 0 aliphatic rings. The van der Waals surface area contributed by atoms with E-state index in [-0.39, 0.29) is 0 Å². The average Bonchev–Trinajstić information content (AvgIpc) is 3.55. The van der Waals surface area contributed by atoms with E-state index < -0.39 is 0 Å². The molecule has 2 aromatic heterocycles. The van der Waals surface area contributed by atoms with Gasteiger partial charge in [0.1, 0.15) is 11.2 Å². The number of para-hydroxylation sites is 1. The van der Waals surface area contributed by atoms with Crippen LogP contribution in [0.3, 0.4) is 0 Å². The van der Waals surface area contributed by atoms with E-state index in [4.69, 9.17) is 14.4 Å². The highest BCUT2D eigenvalue weighted by Crippen LogP contribution is 2.41. The second-order valence-electron chi connectivity index (χ2n) is 15.4. The first-order valence-electron chi connectivity index (χ1n) is 19.0. The Morgan fingerprint density at radius 2 is 0.909 bits per heavy atom. The van der Waals surface area contributed by atoms with E-state index in [1.54, 1.807) is 0 Å². The second-order valence-corrected chi connectivity index (χ2v) is 15.4. The van der Waals surface area contributed by atoms with Crippen molar-refractivity contribution in [1.82, 2.24) is 9.97 Å². The van der Waals surface area contributed by atoms with Crippen molar-refractivity contribution < 1.29 is 4.42 Å². The highest BCUT2D eigenvalue weighted by atomic mass is 16.3. The Balaban J connectivity index is 1.19. The summed E-state index contributed by atoms with van der Waals surface area (Å²) >= 11 is 0. The second kappa shape index (κ2) is 12.5. The van der Waals surface area contributed by atoms with Crippen molar-refractivity contribution in [3.8, 4) is 44.6 Å². The minimum Gasteiger partial charge on any atom is -0.456 e. The van der Waals surface area contributed by atoms with Crippen LogP contribution in [0.5, 0.6) is 0 Å². The van der Waals surface area contributed by atoms with Crippen LogP contribution in [0.25, 0.3) is 99.2 Å². The van der Waals surface area contributed by atoms with Gasteiger partial charge in [0, 0.05) is 27.1 Å². The van der Waals surface area contributed by atoms with Crippen LogP contribution >= 0.6 is 0 Å². The topological polar surface area (TPSA) is 38.9 Å². The van der Waals surface area contributed by atoms with Gasteiger partial charge in [0.2, 0.25) is 0 Å². The summed E-state index contributed by atoms with van der Waals surface area (Å²) in [5.74, 6) is 0. The number of furan rings is 1. The molecule has 55 heavy (non-hydrogen) atoms. The molecule has 2 heterocycles. The van der Waals surface area contributed by atoms with Crippen molar-refractivity contribution in [1.29, 1.82) is 0 Å². The van der Waals surface area contributed by atoms with Crippen molar-refractivity contribution >= 4 is 54.5 Å². The fraction of sp³-hybridized carbons (Fsp3) is 0.115. The lowest BCUT2D eigenvalue weighted by molar-refractivity contribution is 0.669. The van der Waals surface area contributed by atoms with Crippen molar-refractivity contribution in [3.05, 3.63) is 167 Å². The molecule has 0 aliphatic carbocycles. The zero-order valence-electron chi connectivity index (χ0n) is 32.0. The normalized spacial score (nSPS) is 11.8. The molecule has 0 radical (unpaired) electrons. The Kier molecular flexibility index (Phi) is 7.50. The lowest BCUT2D eigenvalue weighted by Gasteiger charge is -2.17. The van der Waals surface area contributed by atoms with Crippen molar-refractivity contribution in [2.75, 3.05) is 0 Å². The fourth-order valence-electron chi connectivity index (χ4n) is 9.21. The smallest absolute Gasteiger partial charge is 0.135 e. The minimum absolute atomic E-state index is 0.847. The number of nitrogens with zero attached hydrogens (tertiary/aromatic N) is 2. The molecule has 0 atom stereocenters. The maximum Gasteiger partial charge on any atom is 0.135 e. The summed E-state index contributed by atoms with van der Waals surface area (Å²) in [4.78, 5) is 10.8. The van der Waals surface area contributed by atoms with E-state index in [1.807, 2.05) is 18.3 Å². The molecule has 3 heteroatoms. The molecule has 3 nitrogen and oxygen atoms in total.